The standard InChI is InChI=1S/C21H21N3O4/c25-17-9-15-19-12-8-16-21(13-3-1-2-4-14(13)23(17)20(19)21)5-6-22(16)10-11(12)7-18(28-15)24(26)27/h1-4,7,12,15-16,18-20H,5-6,8-10H2/t12?,15?,16?,18?,19?,20?,21-/m1/s1. The molecule has 0 aromatic heterocycles. The van der Waals surface area contributed by atoms with Gasteiger partial charge in [0.15, 0.2) is 0 Å². The molecule has 144 valence electrons. The van der Waals surface area contributed by atoms with Gasteiger partial charge in [-0.3, -0.25) is 19.8 Å². The van der Waals surface area contributed by atoms with Crippen molar-refractivity contribution in [3.8, 4) is 0 Å². The van der Waals surface area contributed by atoms with Crippen molar-refractivity contribution in [2.75, 3.05) is 18.0 Å². The molecule has 3 saturated heterocycles. The number of para-hydroxylation sites is 1. The van der Waals surface area contributed by atoms with Crippen molar-refractivity contribution in [1.29, 1.82) is 0 Å². The summed E-state index contributed by atoms with van der Waals surface area (Å²) in [5, 5.41) is 11.6. The van der Waals surface area contributed by atoms with E-state index in [2.05, 4.69) is 28.0 Å². The Bertz CT molecular complexity index is 976. The van der Waals surface area contributed by atoms with Crippen LogP contribution < -0.4 is 4.90 Å². The van der Waals surface area contributed by atoms with Gasteiger partial charge in [-0.1, -0.05) is 18.2 Å². The molecule has 6 unspecified atom stereocenters. The number of benzene rings is 1. The maximum absolute atomic E-state index is 13.3. The van der Waals surface area contributed by atoms with E-state index in [4.69, 9.17) is 4.74 Å². The predicted octanol–water partition coefficient (Wildman–Crippen LogP) is 1.70. The fourth-order valence-electron chi connectivity index (χ4n) is 7.67. The summed E-state index contributed by atoms with van der Waals surface area (Å²) in [5.74, 6) is 0.467. The minimum absolute atomic E-state index is 0.0547. The fourth-order valence-corrected chi connectivity index (χ4v) is 7.67. The van der Waals surface area contributed by atoms with Crippen LogP contribution >= 0.6 is 0 Å². The summed E-state index contributed by atoms with van der Waals surface area (Å²) in [5.41, 5.74) is 3.47. The van der Waals surface area contributed by atoms with Crippen LogP contribution in [-0.2, 0) is 14.9 Å². The zero-order valence-corrected chi connectivity index (χ0v) is 15.4. The van der Waals surface area contributed by atoms with E-state index in [1.54, 1.807) is 6.08 Å². The zero-order chi connectivity index (χ0) is 18.8. The van der Waals surface area contributed by atoms with Crippen LogP contribution in [0, 0.1) is 22.0 Å². The van der Waals surface area contributed by atoms with Gasteiger partial charge in [0, 0.05) is 35.7 Å². The maximum Gasteiger partial charge on any atom is 0.335 e. The second kappa shape index (κ2) is 4.83. The van der Waals surface area contributed by atoms with Crippen LogP contribution in [0.5, 0.6) is 0 Å². The van der Waals surface area contributed by atoms with Crippen LogP contribution in [0.4, 0.5) is 5.69 Å². The molecule has 1 aromatic carbocycles. The Morgan fingerprint density at radius 3 is 3.00 bits per heavy atom. The summed E-state index contributed by atoms with van der Waals surface area (Å²) >= 11 is 0. The topological polar surface area (TPSA) is 75.9 Å². The molecule has 1 spiro atoms. The Balaban J connectivity index is 1.50. The summed E-state index contributed by atoms with van der Waals surface area (Å²) in [6.07, 6.45) is 2.55. The quantitative estimate of drug-likeness (QED) is 0.422. The minimum atomic E-state index is -1.14. The van der Waals surface area contributed by atoms with Crippen LogP contribution in [0.3, 0.4) is 0 Å². The fraction of sp³-hybridized carbons (Fsp3) is 0.571. The van der Waals surface area contributed by atoms with E-state index in [0.717, 1.165) is 37.2 Å². The Kier molecular flexibility index (Phi) is 2.70. The van der Waals surface area contributed by atoms with Gasteiger partial charge < -0.3 is 9.64 Å². The lowest BCUT2D eigenvalue weighted by Crippen LogP contribution is -2.69. The molecule has 5 heterocycles. The highest BCUT2D eigenvalue weighted by molar-refractivity contribution is 5.99. The first kappa shape index (κ1) is 15.6. The average molecular weight is 379 g/mol. The first-order chi connectivity index (χ1) is 13.6. The molecule has 1 aliphatic carbocycles. The summed E-state index contributed by atoms with van der Waals surface area (Å²) in [6.45, 7) is 1.79. The molecule has 7 heteroatoms. The Labute approximate surface area is 162 Å². The van der Waals surface area contributed by atoms with Gasteiger partial charge in [-0.2, -0.15) is 0 Å². The number of hydrogen-bond acceptors (Lipinski definition) is 5. The average Bonchev–Trinajstić information content (AvgIpc) is 3.16. The lowest BCUT2D eigenvalue weighted by molar-refractivity contribution is -0.565. The van der Waals surface area contributed by atoms with Crippen molar-refractivity contribution in [2.24, 2.45) is 11.8 Å². The van der Waals surface area contributed by atoms with Crippen LogP contribution in [0.2, 0.25) is 0 Å². The number of rotatable bonds is 1. The van der Waals surface area contributed by atoms with Crippen LogP contribution in [0.15, 0.2) is 35.9 Å². The molecule has 4 fully saturated rings. The van der Waals surface area contributed by atoms with Gasteiger partial charge in [0.05, 0.1) is 23.5 Å². The van der Waals surface area contributed by atoms with Crippen molar-refractivity contribution in [2.45, 2.75) is 49.1 Å². The molecule has 0 N–H and O–H groups in total. The monoisotopic (exact) mass is 379 g/mol. The van der Waals surface area contributed by atoms with Crippen molar-refractivity contribution in [3.63, 3.8) is 0 Å². The SMILES string of the molecule is O=C1CC2OC([N+](=O)[O-])C=C3CN4CC[C@]56c7ccccc7N1C5C2C3CC46. The van der Waals surface area contributed by atoms with Gasteiger partial charge in [-0.05, 0) is 42.5 Å². The largest absolute Gasteiger partial charge is 0.335 e. The van der Waals surface area contributed by atoms with Crippen molar-refractivity contribution >= 4 is 11.6 Å². The van der Waals surface area contributed by atoms with Gasteiger partial charge in [0.1, 0.15) is 0 Å². The molecule has 7 rings (SSSR count). The van der Waals surface area contributed by atoms with E-state index in [1.807, 2.05) is 6.07 Å². The van der Waals surface area contributed by atoms with Crippen molar-refractivity contribution in [3.05, 3.63) is 51.6 Å². The molecule has 1 saturated carbocycles. The zero-order valence-electron chi connectivity index (χ0n) is 15.4. The third-order valence-corrected chi connectivity index (χ3v) is 8.44. The second-order valence-electron chi connectivity index (χ2n) is 9.22. The Hall–Kier alpha value is -2.25. The minimum Gasteiger partial charge on any atom is -0.310 e. The molecule has 2 bridgehead atoms. The van der Waals surface area contributed by atoms with Crippen molar-refractivity contribution < 1.29 is 14.5 Å². The molecule has 5 aliphatic heterocycles. The first-order valence-electron chi connectivity index (χ1n) is 10.2. The smallest absolute Gasteiger partial charge is 0.310 e. The third-order valence-electron chi connectivity index (χ3n) is 8.44. The molecular formula is C21H21N3O4. The van der Waals surface area contributed by atoms with Gasteiger partial charge in [0.25, 0.3) is 0 Å². The lowest BCUT2D eigenvalue weighted by atomic mass is 9.53. The second-order valence-corrected chi connectivity index (χ2v) is 9.22. The van der Waals surface area contributed by atoms with Gasteiger partial charge in [-0.25, -0.2) is 0 Å². The van der Waals surface area contributed by atoms with E-state index in [1.165, 1.54) is 5.56 Å². The first-order valence-corrected chi connectivity index (χ1v) is 10.2. The molecular weight excluding hydrogens is 358 g/mol. The maximum atomic E-state index is 13.3. The predicted molar refractivity (Wildman–Crippen MR) is 99.3 cm³/mol. The van der Waals surface area contributed by atoms with Crippen LogP contribution in [0.1, 0.15) is 24.8 Å². The summed E-state index contributed by atoms with van der Waals surface area (Å²) in [4.78, 5) is 29.1. The summed E-state index contributed by atoms with van der Waals surface area (Å²) < 4.78 is 6.02. The highest BCUT2D eigenvalue weighted by Crippen LogP contribution is 2.65. The lowest BCUT2D eigenvalue weighted by Gasteiger charge is -2.58. The number of piperidine rings is 2. The number of anilines is 1. The Morgan fingerprint density at radius 2 is 2.14 bits per heavy atom. The van der Waals surface area contributed by atoms with Gasteiger partial charge in [0.2, 0.25) is 5.91 Å². The summed E-state index contributed by atoms with van der Waals surface area (Å²) in [6, 6.07) is 8.86. The molecule has 7 nitrogen and oxygen atoms in total. The van der Waals surface area contributed by atoms with Crippen LogP contribution in [0.25, 0.3) is 0 Å². The van der Waals surface area contributed by atoms with E-state index >= 15 is 0 Å². The molecule has 7 atom stereocenters. The number of hydrogen-bond donors (Lipinski definition) is 0. The normalized spacial score (nSPS) is 44.8. The molecule has 0 radical (unpaired) electrons. The van der Waals surface area contributed by atoms with Crippen LogP contribution in [-0.4, -0.2) is 53.2 Å². The number of nitro groups is 1. The summed E-state index contributed by atoms with van der Waals surface area (Å²) in [7, 11) is 0. The van der Waals surface area contributed by atoms with Gasteiger partial charge in [-0.15, -0.1) is 0 Å². The number of amides is 1. The van der Waals surface area contributed by atoms with Gasteiger partial charge >= 0.3 is 6.23 Å². The number of carbonyl (C=O) groups excluding carboxylic acids is 1. The van der Waals surface area contributed by atoms with E-state index in [-0.39, 0.29) is 46.6 Å². The number of carbonyl (C=O) groups is 1. The highest BCUT2D eigenvalue weighted by atomic mass is 16.7. The Morgan fingerprint density at radius 1 is 1.29 bits per heavy atom. The molecule has 28 heavy (non-hydrogen) atoms. The number of fused-ring (bicyclic) bond motifs is 2. The number of ether oxygens (including phenoxy) is 1. The highest BCUT2D eigenvalue weighted by Gasteiger charge is 2.71. The van der Waals surface area contributed by atoms with E-state index < -0.39 is 6.23 Å². The molecule has 1 amide bonds. The number of nitrogens with zero attached hydrogens (tertiary/aromatic N) is 3. The van der Waals surface area contributed by atoms with Crippen molar-refractivity contribution in [1.82, 2.24) is 4.90 Å². The molecule has 1 aromatic rings. The van der Waals surface area contributed by atoms with E-state index in [9.17, 15) is 14.9 Å². The third kappa shape index (κ3) is 1.56. The molecule has 6 aliphatic rings. The van der Waals surface area contributed by atoms with E-state index in [0.29, 0.717) is 6.04 Å².